The molecule has 1 fully saturated rings. The Morgan fingerprint density at radius 3 is 2.77 bits per heavy atom. The number of rotatable bonds is 6. The minimum absolute atomic E-state index is 0.0588. The Balaban J connectivity index is 1.37. The van der Waals surface area contributed by atoms with Crippen molar-refractivity contribution in [3.63, 3.8) is 0 Å². The lowest BCUT2D eigenvalue weighted by Gasteiger charge is -2.09. The van der Waals surface area contributed by atoms with Crippen molar-refractivity contribution in [2.24, 2.45) is 7.05 Å². The molecule has 0 saturated carbocycles. The molecule has 35 heavy (non-hydrogen) atoms. The highest BCUT2D eigenvalue weighted by atomic mass is 35.5. The van der Waals surface area contributed by atoms with Gasteiger partial charge in [-0.3, -0.25) is 18.9 Å². The number of anilines is 2. The summed E-state index contributed by atoms with van der Waals surface area (Å²) in [6, 6.07) is 8.70. The third kappa shape index (κ3) is 4.59. The molecule has 1 aliphatic heterocycles. The molecular formula is C22H21ClFN7O3S. The molecule has 3 heterocycles. The molecule has 0 radical (unpaired) electrons. The predicted molar refractivity (Wildman–Crippen MR) is 130 cm³/mol. The van der Waals surface area contributed by atoms with Crippen LogP contribution in [0.3, 0.4) is 0 Å². The van der Waals surface area contributed by atoms with E-state index in [4.69, 9.17) is 11.6 Å². The smallest absolute Gasteiger partial charge is 0.274 e. The number of halogens is 2. The van der Waals surface area contributed by atoms with Gasteiger partial charge in [-0.1, -0.05) is 11.6 Å². The van der Waals surface area contributed by atoms with Crippen molar-refractivity contribution in [1.82, 2.24) is 24.9 Å². The van der Waals surface area contributed by atoms with Gasteiger partial charge in [0.15, 0.2) is 0 Å². The van der Waals surface area contributed by atoms with Crippen molar-refractivity contribution in [1.29, 1.82) is 0 Å². The number of benzene rings is 2. The summed E-state index contributed by atoms with van der Waals surface area (Å²) in [6.07, 6.45) is 3.72. The van der Waals surface area contributed by atoms with E-state index in [9.17, 15) is 17.6 Å². The lowest BCUT2D eigenvalue weighted by atomic mass is 10.2. The second kappa shape index (κ2) is 8.95. The summed E-state index contributed by atoms with van der Waals surface area (Å²) in [5, 5.41) is 14.8. The Kier molecular flexibility index (Phi) is 5.95. The van der Waals surface area contributed by atoms with Crippen LogP contribution in [-0.2, 0) is 17.1 Å². The second-order valence-electron chi connectivity index (χ2n) is 8.20. The Morgan fingerprint density at radius 1 is 1.23 bits per heavy atom. The van der Waals surface area contributed by atoms with Crippen molar-refractivity contribution in [3.8, 4) is 0 Å². The summed E-state index contributed by atoms with van der Waals surface area (Å²) in [5.74, 6) is -1.06. The summed E-state index contributed by atoms with van der Waals surface area (Å²) >= 11 is 5.79. The highest BCUT2D eigenvalue weighted by molar-refractivity contribution is 7.92. The lowest BCUT2D eigenvalue weighted by Crippen LogP contribution is -2.16. The van der Waals surface area contributed by atoms with Crippen LogP contribution in [0, 0.1) is 5.82 Å². The van der Waals surface area contributed by atoms with Gasteiger partial charge >= 0.3 is 0 Å². The van der Waals surface area contributed by atoms with Gasteiger partial charge in [-0.2, -0.15) is 10.2 Å². The second-order valence-corrected chi connectivity index (χ2v) is 10.3. The van der Waals surface area contributed by atoms with Gasteiger partial charge in [0.1, 0.15) is 16.4 Å². The van der Waals surface area contributed by atoms with Crippen LogP contribution in [0.15, 0.2) is 53.7 Å². The van der Waals surface area contributed by atoms with Gasteiger partial charge in [-0.15, -0.1) is 0 Å². The van der Waals surface area contributed by atoms with Crippen LogP contribution in [0.25, 0.3) is 10.9 Å². The molecule has 13 heteroatoms. The maximum Gasteiger partial charge on any atom is 0.274 e. The van der Waals surface area contributed by atoms with Gasteiger partial charge in [0.25, 0.3) is 15.9 Å². The molecule has 1 amide bonds. The molecule has 2 aromatic carbocycles. The molecule has 1 saturated heterocycles. The Labute approximate surface area is 205 Å². The number of hydrogen-bond acceptors (Lipinski definition) is 6. The number of amides is 1. The fourth-order valence-electron chi connectivity index (χ4n) is 4.04. The Bertz CT molecular complexity index is 1540. The van der Waals surface area contributed by atoms with Crippen LogP contribution in [0.1, 0.15) is 23.0 Å². The first-order valence-electron chi connectivity index (χ1n) is 10.7. The number of fused-ring (bicyclic) bond motifs is 1. The molecule has 0 aliphatic carbocycles. The van der Waals surface area contributed by atoms with E-state index in [2.05, 4.69) is 25.6 Å². The number of carbonyl (C=O) groups is 1. The van der Waals surface area contributed by atoms with Gasteiger partial charge in [0.2, 0.25) is 0 Å². The van der Waals surface area contributed by atoms with Crippen molar-refractivity contribution >= 4 is 49.8 Å². The quantitative estimate of drug-likeness (QED) is 0.361. The van der Waals surface area contributed by atoms with Gasteiger partial charge in [0, 0.05) is 30.9 Å². The van der Waals surface area contributed by atoms with E-state index in [0.29, 0.717) is 22.3 Å². The number of hydrogen-bond donors (Lipinski definition) is 3. The van der Waals surface area contributed by atoms with E-state index in [-0.39, 0.29) is 21.7 Å². The fourth-order valence-corrected chi connectivity index (χ4v) is 5.20. The van der Waals surface area contributed by atoms with Crippen LogP contribution in [0.4, 0.5) is 15.8 Å². The van der Waals surface area contributed by atoms with Crippen LogP contribution in [0.5, 0.6) is 0 Å². The first-order valence-corrected chi connectivity index (χ1v) is 12.6. The molecule has 4 aromatic rings. The zero-order valence-corrected chi connectivity index (χ0v) is 20.1. The summed E-state index contributed by atoms with van der Waals surface area (Å²) in [7, 11) is -2.27. The molecular weight excluding hydrogens is 497 g/mol. The maximum atomic E-state index is 13.4. The summed E-state index contributed by atoms with van der Waals surface area (Å²) in [6.45, 7) is 1.61. The largest absolute Gasteiger partial charge is 0.321 e. The SMILES string of the molecule is Cn1nc2cc(NS(=O)(=O)c3cnn(C4CCNC4)c3)ccc2c1C(=O)Nc1ccc(F)c(Cl)c1. The van der Waals surface area contributed by atoms with E-state index in [1.807, 2.05) is 0 Å². The number of sulfonamides is 1. The molecule has 0 spiro atoms. The summed E-state index contributed by atoms with van der Waals surface area (Å²) < 4.78 is 44.8. The van der Waals surface area contributed by atoms with Crippen molar-refractivity contribution in [2.75, 3.05) is 23.1 Å². The average Bonchev–Trinajstić information content (AvgIpc) is 3.54. The normalized spacial score (nSPS) is 16.0. The Hall–Kier alpha value is -3.48. The number of nitrogens with one attached hydrogen (secondary N) is 3. The number of aromatic nitrogens is 4. The Morgan fingerprint density at radius 2 is 2.03 bits per heavy atom. The molecule has 1 atom stereocenters. The first kappa shape index (κ1) is 23.3. The predicted octanol–water partition coefficient (Wildman–Crippen LogP) is 3.15. The highest BCUT2D eigenvalue weighted by Gasteiger charge is 2.23. The van der Waals surface area contributed by atoms with Crippen LogP contribution < -0.4 is 15.4 Å². The molecule has 2 aromatic heterocycles. The van der Waals surface area contributed by atoms with Gasteiger partial charge < -0.3 is 10.6 Å². The number of carbonyl (C=O) groups excluding carboxylic acids is 1. The van der Waals surface area contributed by atoms with E-state index in [1.54, 1.807) is 29.9 Å². The van der Waals surface area contributed by atoms with E-state index in [0.717, 1.165) is 25.6 Å². The van der Waals surface area contributed by atoms with Crippen LogP contribution in [0.2, 0.25) is 5.02 Å². The summed E-state index contributed by atoms with van der Waals surface area (Å²) in [4.78, 5) is 12.9. The molecule has 3 N–H and O–H groups in total. The third-order valence-corrected chi connectivity index (χ3v) is 7.40. The number of nitrogens with zero attached hydrogens (tertiary/aromatic N) is 4. The molecule has 10 nitrogen and oxygen atoms in total. The maximum absolute atomic E-state index is 13.4. The van der Waals surface area contributed by atoms with E-state index < -0.39 is 21.7 Å². The van der Waals surface area contributed by atoms with Crippen LogP contribution >= 0.6 is 11.6 Å². The standard InChI is InChI=1S/C22H21ClFN7O3S/c1-30-21(22(32)27-13-3-5-19(24)18(23)8-13)17-4-2-14(9-20(17)28-30)29-35(33,34)16-11-26-31(12-16)15-6-7-25-10-15/h2-5,8-9,11-12,15,25,29H,6-7,10H2,1H3,(H,27,32). The fraction of sp³-hybridized carbons (Fsp3) is 0.227. The first-order chi connectivity index (χ1) is 16.7. The van der Waals surface area contributed by atoms with Crippen molar-refractivity contribution in [2.45, 2.75) is 17.4 Å². The van der Waals surface area contributed by atoms with E-state index >= 15 is 0 Å². The topological polar surface area (TPSA) is 123 Å². The van der Waals surface area contributed by atoms with Crippen LogP contribution in [-0.4, -0.2) is 47.0 Å². The minimum atomic E-state index is -3.87. The van der Waals surface area contributed by atoms with E-state index in [1.165, 1.54) is 29.2 Å². The molecule has 1 unspecified atom stereocenters. The lowest BCUT2D eigenvalue weighted by molar-refractivity contribution is 0.101. The molecule has 5 rings (SSSR count). The van der Waals surface area contributed by atoms with Gasteiger partial charge in [-0.25, -0.2) is 12.8 Å². The van der Waals surface area contributed by atoms with Gasteiger partial charge in [-0.05, 0) is 49.4 Å². The molecule has 0 bridgehead atoms. The van der Waals surface area contributed by atoms with Crippen molar-refractivity contribution in [3.05, 3.63) is 65.3 Å². The van der Waals surface area contributed by atoms with Crippen molar-refractivity contribution < 1.29 is 17.6 Å². The monoisotopic (exact) mass is 517 g/mol. The summed E-state index contributed by atoms with van der Waals surface area (Å²) in [5.41, 5.74) is 1.29. The molecule has 1 aliphatic rings. The zero-order chi connectivity index (χ0) is 24.7. The minimum Gasteiger partial charge on any atom is -0.321 e. The average molecular weight is 518 g/mol. The number of aryl methyl sites for hydroxylation is 1. The van der Waals surface area contributed by atoms with Gasteiger partial charge in [0.05, 0.1) is 28.5 Å². The highest BCUT2D eigenvalue weighted by Crippen LogP contribution is 2.26. The third-order valence-electron chi connectivity index (χ3n) is 5.78. The molecule has 182 valence electrons. The zero-order valence-electron chi connectivity index (χ0n) is 18.5.